The van der Waals surface area contributed by atoms with E-state index in [4.69, 9.17) is 9.47 Å². The Balaban J connectivity index is 1.51. The summed E-state index contributed by atoms with van der Waals surface area (Å²) in [5, 5.41) is 7.06. The molecule has 0 bridgehead atoms. The van der Waals surface area contributed by atoms with Crippen molar-refractivity contribution < 1.29 is 19.1 Å². The van der Waals surface area contributed by atoms with Crippen LogP contribution in [0.3, 0.4) is 0 Å². The third kappa shape index (κ3) is 5.20. The molecule has 2 aromatic carbocycles. The van der Waals surface area contributed by atoms with Gasteiger partial charge in [-0.05, 0) is 42.5 Å². The summed E-state index contributed by atoms with van der Waals surface area (Å²) in [7, 11) is 3.31. The van der Waals surface area contributed by atoms with E-state index in [0.717, 1.165) is 16.7 Å². The van der Waals surface area contributed by atoms with Crippen molar-refractivity contribution in [1.82, 2.24) is 14.7 Å². The van der Waals surface area contributed by atoms with Gasteiger partial charge in [0.05, 0.1) is 18.9 Å². The van der Waals surface area contributed by atoms with Gasteiger partial charge in [-0.1, -0.05) is 6.07 Å². The molecule has 0 fully saturated rings. The van der Waals surface area contributed by atoms with Gasteiger partial charge in [-0.3, -0.25) is 14.4 Å². The van der Waals surface area contributed by atoms with Gasteiger partial charge in [-0.15, -0.1) is 0 Å². The second-order valence-corrected chi connectivity index (χ2v) is 7.76. The Morgan fingerprint density at radius 1 is 1.03 bits per heavy atom. The molecule has 3 aromatic rings. The van der Waals surface area contributed by atoms with Crippen LogP contribution in [-0.4, -0.2) is 53.8 Å². The molecule has 9 heteroatoms. The molecule has 1 N–H and O–H groups in total. The van der Waals surface area contributed by atoms with Crippen molar-refractivity contribution >= 4 is 17.5 Å². The number of nitrogens with one attached hydrogen (secondary N) is 1. The smallest absolute Gasteiger partial charge is 0.267 e. The lowest BCUT2D eigenvalue weighted by molar-refractivity contribution is -0.117. The van der Waals surface area contributed by atoms with Gasteiger partial charge < -0.3 is 19.7 Å². The first-order valence-electron chi connectivity index (χ1n) is 10.5. The Morgan fingerprint density at radius 3 is 2.61 bits per heavy atom. The van der Waals surface area contributed by atoms with Crippen LogP contribution in [0.1, 0.15) is 16.8 Å². The van der Waals surface area contributed by atoms with E-state index in [9.17, 15) is 14.4 Å². The summed E-state index contributed by atoms with van der Waals surface area (Å²) < 4.78 is 12.5. The molecule has 170 valence electrons. The SMILES string of the molecule is CN(C)C(=O)c1cccc(NC(=O)Cn2nc(-c3ccc4c(c3)OCCCO4)ccc2=O)c1. The van der Waals surface area contributed by atoms with Crippen molar-refractivity contribution in [3.63, 3.8) is 0 Å². The van der Waals surface area contributed by atoms with E-state index in [2.05, 4.69) is 10.4 Å². The molecule has 2 heterocycles. The van der Waals surface area contributed by atoms with Gasteiger partial charge in [-0.25, -0.2) is 4.68 Å². The predicted molar refractivity (Wildman–Crippen MR) is 123 cm³/mol. The average molecular weight is 448 g/mol. The molecule has 4 rings (SSSR count). The first kappa shape index (κ1) is 22.1. The van der Waals surface area contributed by atoms with Crippen LogP contribution in [0.5, 0.6) is 11.5 Å². The van der Waals surface area contributed by atoms with Gasteiger partial charge in [0, 0.05) is 43.4 Å². The quantitative estimate of drug-likeness (QED) is 0.643. The minimum absolute atomic E-state index is 0.174. The van der Waals surface area contributed by atoms with Crippen LogP contribution in [0.2, 0.25) is 0 Å². The van der Waals surface area contributed by atoms with Crippen LogP contribution >= 0.6 is 0 Å². The van der Waals surface area contributed by atoms with Gasteiger partial charge >= 0.3 is 0 Å². The van der Waals surface area contributed by atoms with Crippen molar-refractivity contribution in [2.45, 2.75) is 13.0 Å². The maximum absolute atomic E-state index is 12.6. The van der Waals surface area contributed by atoms with Gasteiger partial charge in [0.25, 0.3) is 11.5 Å². The van der Waals surface area contributed by atoms with Crippen LogP contribution in [-0.2, 0) is 11.3 Å². The Kier molecular flexibility index (Phi) is 6.39. The number of amides is 2. The van der Waals surface area contributed by atoms with Gasteiger partial charge in [0.15, 0.2) is 11.5 Å². The van der Waals surface area contributed by atoms with Gasteiger partial charge in [0.2, 0.25) is 5.91 Å². The predicted octanol–water partition coefficient (Wildman–Crippen LogP) is 2.41. The molecular formula is C24H24N4O5. The second-order valence-electron chi connectivity index (χ2n) is 7.76. The Labute approximate surface area is 190 Å². The number of nitrogens with zero attached hydrogens (tertiary/aromatic N) is 3. The molecule has 1 aromatic heterocycles. The van der Waals surface area contributed by atoms with Crippen LogP contribution in [0.15, 0.2) is 59.4 Å². The van der Waals surface area contributed by atoms with Crippen molar-refractivity contribution in [2.24, 2.45) is 0 Å². The number of carbonyl (C=O) groups is 2. The lowest BCUT2D eigenvalue weighted by atomic mass is 10.1. The zero-order valence-electron chi connectivity index (χ0n) is 18.4. The Bertz CT molecular complexity index is 1250. The summed E-state index contributed by atoms with van der Waals surface area (Å²) in [5.41, 5.74) is 1.77. The summed E-state index contributed by atoms with van der Waals surface area (Å²) in [6, 6.07) is 15.0. The molecule has 0 aliphatic carbocycles. The largest absolute Gasteiger partial charge is 0.490 e. The highest BCUT2D eigenvalue weighted by Gasteiger charge is 2.14. The number of carbonyl (C=O) groups excluding carboxylic acids is 2. The maximum atomic E-state index is 12.6. The molecular weight excluding hydrogens is 424 g/mol. The maximum Gasteiger partial charge on any atom is 0.267 e. The van der Waals surface area contributed by atoms with E-state index < -0.39 is 11.5 Å². The summed E-state index contributed by atoms with van der Waals surface area (Å²) in [6.45, 7) is 0.880. The summed E-state index contributed by atoms with van der Waals surface area (Å²) in [4.78, 5) is 38.5. The van der Waals surface area contributed by atoms with E-state index in [0.29, 0.717) is 41.7 Å². The number of fused-ring (bicyclic) bond motifs is 1. The topological polar surface area (TPSA) is 103 Å². The third-order valence-corrected chi connectivity index (χ3v) is 5.00. The lowest BCUT2D eigenvalue weighted by Gasteiger charge is -2.12. The molecule has 0 unspecified atom stereocenters. The summed E-state index contributed by atoms with van der Waals surface area (Å²) in [6.07, 6.45) is 0.800. The van der Waals surface area contributed by atoms with Gasteiger partial charge in [-0.2, -0.15) is 5.10 Å². The average Bonchev–Trinajstić information content (AvgIpc) is 3.05. The van der Waals surface area contributed by atoms with Crippen molar-refractivity contribution in [3.8, 4) is 22.8 Å². The van der Waals surface area contributed by atoms with Crippen LogP contribution < -0.4 is 20.3 Å². The monoisotopic (exact) mass is 448 g/mol. The second kappa shape index (κ2) is 9.56. The lowest BCUT2D eigenvalue weighted by Crippen LogP contribution is -2.29. The van der Waals surface area contributed by atoms with E-state index >= 15 is 0 Å². The number of anilines is 1. The number of ether oxygens (including phenoxy) is 2. The molecule has 0 radical (unpaired) electrons. The van der Waals surface area contributed by atoms with Crippen molar-refractivity contribution in [1.29, 1.82) is 0 Å². The fraction of sp³-hybridized carbons (Fsp3) is 0.250. The molecule has 33 heavy (non-hydrogen) atoms. The van der Waals surface area contributed by atoms with E-state index in [1.807, 2.05) is 18.2 Å². The van der Waals surface area contributed by atoms with Crippen molar-refractivity contribution in [3.05, 3.63) is 70.5 Å². The van der Waals surface area contributed by atoms with Gasteiger partial charge in [0.1, 0.15) is 6.54 Å². The third-order valence-electron chi connectivity index (χ3n) is 5.00. The van der Waals surface area contributed by atoms with Crippen molar-refractivity contribution in [2.75, 3.05) is 32.6 Å². The Morgan fingerprint density at radius 2 is 1.82 bits per heavy atom. The van der Waals surface area contributed by atoms with E-state index in [1.54, 1.807) is 44.4 Å². The number of aromatic nitrogens is 2. The van der Waals surface area contributed by atoms with Crippen LogP contribution in [0, 0.1) is 0 Å². The van der Waals surface area contributed by atoms with E-state index in [-0.39, 0.29) is 12.5 Å². The molecule has 2 amide bonds. The number of hydrogen-bond acceptors (Lipinski definition) is 6. The summed E-state index contributed by atoms with van der Waals surface area (Å²) in [5.74, 6) is 0.676. The number of rotatable bonds is 5. The van der Waals surface area contributed by atoms with Crippen LogP contribution in [0.25, 0.3) is 11.3 Å². The normalized spacial score (nSPS) is 12.5. The molecule has 0 spiro atoms. The highest BCUT2D eigenvalue weighted by molar-refractivity contribution is 5.96. The number of hydrogen-bond donors (Lipinski definition) is 1. The minimum atomic E-state index is -0.435. The zero-order valence-corrected chi connectivity index (χ0v) is 18.4. The minimum Gasteiger partial charge on any atom is -0.490 e. The molecule has 0 saturated heterocycles. The molecule has 1 aliphatic rings. The Hall–Kier alpha value is -4.14. The standard InChI is InChI=1S/C24H24N4O5/c1-27(2)24(31)17-5-3-6-18(13-17)25-22(29)15-28-23(30)10-8-19(26-28)16-7-9-20-21(14-16)33-12-4-11-32-20/h3,5-10,13-14H,4,11-12,15H2,1-2H3,(H,25,29). The molecule has 1 aliphatic heterocycles. The fourth-order valence-electron chi connectivity index (χ4n) is 3.36. The van der Waals surface area contributed by atoms with E-state index in [1.165, 1.54) is 11.0 Å². The highest BCUT2D eigenvalue weighted by Crippen LogP contribution is 2.33. The molecule has 9 nitrogen and oxygen atoms in total. The summed E-state index contributed by atoms with van der Waals surface area (Å²) >= 11 is 0. The first-order chi connectivity index (χ1) is 15.9. The molecule has 0 saturated carbocycles. The zero-order chi connectivity index (χ0) is 23.4. The fourth-order valence-corrected chi connectivity index (χ4v) is 3.36. The first-order valence-corrected chi connectivity index (χ1v) is 10.5. The highest BCUT2D eigenvalue weighted by atomic mass is 16.5. The molecule has 0 atom stereocenters. The van der Waals surface area contributed by atoms with Crippen LogP contribution in [0.4, 0.5) is 5.69 Å². The number of benzene rings is 2.